The molecule has 0 aromatic carbocycles. The van der Waals surface area contributed by atoms with Gasteiger partial charge in [-0.05, 0) is 122 Å². The van der Waals surface area contributed by atoms with Crippen LogP contribution < -0.4 is 0 Å². The lowest BCUT2D eigenvalue weighted by Crippen LogP contribution is -2.53. The van der Waals surface area contributed by atoms with Gasteiger partial charge in [-0.25, -0.2) is 0 Å². The zero-order valence-electron chi connectivity index (χ0n) is 20.9. The molecule has 33 heavy (non-hydrogen) atoms. The van der Waals surface area contributed by atoms with E-state index in [-0.39, 0.29) is 0 Å². The quantitative estimate of drug-likeness (QED) is 0.439. The fraction of sp³-hybridized carbons (Fsp3) is 0.828. The molecule has 0 amide bonds. The zero-order chi connectivity index (χ0) is 23.6. The van der Waals surface area contributed by atoms with Crippen LogP contribution in [0.15, 0.2) is 18.3 Å². The summed E-state index contributed by atoms with van der Waals surface area (Å²) in [5.74, 6) is 5.64. The summed E-state index contributed by atoms with van der Waals surface area (Å²) in [5.41, 5.74) is 1.11. The number of hydrogen-bond acceptors (Lipinski definition) is 1. The molecular weight excluding hydrogens is 419 g/mol. The predicted molar refractivity (Wildman–Crippen MR) is 126 cm³/mol. The number of hydrogen-bond donors (Lipinski definition) is 0. The molecule has 0 radical (unpaired) electrons. The number of pyridine rings is 1. The van der Waals surface area contributed by atoms with E-state index >= 15 is 0 Å². The van der Waals surface area contributed by atoms with Crippen LogP contribution in [0.25, 0.3) is 0 Å². The van der Waals surface area contributed by atoms with Gasteiger partial charge in [0.15, 0.2) is 0 Å². The molecule has 1 nitrogen and oxygen atoms in total. The van der Waals surface area contributed by atoms with E-state index in [4.69, 9.17) is 0 Å². The molecule has 4 aliphatic carbocycles. The van der Waals surface area contributed by atoms with Gasteiger partial charge in [-0.15, -0.1) is 0 Å². The second kappa shape index (κ2) is 8.26. The van der Waals surface area contributed by atoms with Crippen LogP contribution in [-0.2, 0) is 12.6 Å². The number of fused-ring (bicyclic) bond motifs is 5. The fourth-order valence-electron chi connectivity index (χ4n) is 9.67. The van der Waals surface area contributed by atoms with E-state index in [1.54, 1.807) is 6.07 Å². The van der Waals surface area contributed by atoms with E-state index in [1.807, 2.05) is 0 Å². The molecule has 9 atom stereocenters. The summed E-state index contributed by atoms with van der Waals surface area (Å²) in [6, 6.07) is 2.79. The third-order valence-electron chi connectivity index (χ3n) is 11.4. The molecule has 4 heteroatoms. The van der Waals surface area contributed by atoms with Crippen LogP contribution in [0, 0.1) is 52.3 Å². The Kier molecular flexibility index (Phi) is 5.93. The van der Waals surface area contributed by atoms with Gasteiger partial charge in [-0.1, -0.05) is 40.2 Å². The highest BCUT2D eigenvalue weighted by atomic mass is 19.4. The van der Waals surface area contributed by atoms with E-state index < -0.39 is 11.9 Å². The lowest BCUT2D eigenvalue weighted by Gasteiger charge is -2.61. The first-order valence-corrected chi connectivity index (χ1v) is 13.5. The van der Waals surface area contributed by atoms with Crippen LogP contribution in [-0.4, -0.2) is 4.98 Å². The summed E-state index contributed by atoms with van der Waals surface area (Å²) in [6.07, 6.45) is 10.5. The molecule has 0 N–H and O–H groups in total. The first-order valence-electron chi connectivity index (χ1n) is 13.5. The van der Waals surface area contributed by atoms with E-state index in [9.17, 15) is 13.2 Å². The molecule has 1 aromatic rings. The smallest absolute Gasteiger partial charge is 0.252 e. The standard InChI is InChI=1S/C29H42F3N/c1-18-11-13-27(3)21(15-18)6-7-22-24-9-8-23(28(24,4)14-12-25(22)27)19(2)16-20-5-10-26(33-17-20)29(30,31)32/h5,10,17-19,21-25H,6-9,11-16H2,1-4H3/t18-,19-,21+,22-,23?,24?,25?,27-,28+/m0/s1. The number of nitrogens with zero attached hydrogens (tertiary/aromatic N) is 1. The highest BCUT2D eigenvalue weighted by Crippen LogP contribution is 2.68. The van der Waals surface area contributed by atoms with Gasteiger partial charge in [0, 0.05) is 6.20 Å². The summed E-state index contributed by atoms with van der Waals surface area (Å²) < 4.78 is 38.7. The van der Waals surface area contributed by atoms with Crippen LogP contribution in [0.3, 0.4) is 0 Å². The van der Waals surface area contributed by atoms with Crippen molar-refractivity contribution in [3.05, 3.63) is 29.6 Å². The van der Waals surface area contributed by atoms with Crippen molar-refractivity contribution in [1.82, 2.24) is 4.98 Å². The summed E-state index contributed by atoms with van der Waals surface area (Å²) in [4.78, 5) is 3.71. The van der Waals surface area contributed by atoms with E-state index in [2.05, 4.69) is 32.7 Å². The Morgan fingerprint density at radius 2 is 1.70 bits per heavy atom. The molecule has 0 aliphatic heterocycles. The second-order valence-electron chi connectivity index (χ2n) is 13.0. The SMILES string of the molecule is C[C@H]1CC[C@]2(C)C3CC[C@@]4(C)C(CCC4[C@@H](C)Cc4ccc(C(F)(F)F)nc4)[C@@H]3CC[C@@H]2C1. The maximum absolute atomic E-state index is 12.9. The van der Waals surface area contributed by atoms with Crippen molar-refractivity contribution in [2.24, 2.45) is 52.3 Å². The van der Waals surface area contributed by atoms with Crippen molar-refractivity contribution in [3.63, 3.8) is 0 Å². The van der Waals surface area contributed by atoms with Crippen molar-refractivity contribution in [2.45, 2.75) is 98.1 Å². The summed E-state index contributed by atoms with van der Waals surface area (Å²) >= 11 is 0. The lowest BCUT2D eigenvalue weighted by molar-refractivity contribution is -0.141. The largest absolute Gasteiger partial charge is 0.433 e. The molecule has 3 unspecified atom stereocenters. The Bertz CT molecular complexity index is 847. The van der Waals surface area contributed by atoms with Gasteiger partial charge in [0.1, 0.15) is 5.69 Å². The Morgan fingerprint density at radius 1 is 0.970 bits per heavy atom. The minimum absolute atomic E-state index is 0.394. The van der Waals surface area contributed by atoms with Gasteiger partial charge < -0.3 is 0 Å². The minimum atomic E-state index is -4.36. The topological polar surface area (TPSA) is 12.9 Å². The van der Waals surface area contributed by atoms with Crippen molar-refractivity contribution in [3.8, 4) is 0 Å². The number of aromatic nitrogens is 1. The average Bonchev–Trinajstić information content (AvgIpc) is 3.11. The Balaban J connectivity index is 1.30. The van der Waals surface area contributed by atoms with Gasteiger partial charge in [-0.2, -0.15) is 13.2 Å². The molecule has 0 saturated heterocycles. The van der Waals surface area contributed by atoms with E-state index in [0.717, 1.165) is 47.6 Å². The van der Waals surface area contributed by atoms with Gasteiger partial charge >= 0.3 is 6.18 Å². The van der Waals surface area contributed by atoms with Crippen LogP contribution in [0.1, 0.15) is 96.7 Å². The zero-order valence-corrected chi connectivity index (χ0v) is 20.9. The molecule has 4 saturated carbocycles. The first kappa shape index (κ1) is 23.7. The maximum Gasteiger partial charge on any atom is 0.433 e. The predicted octanol–water partition coefficient (Wildman–Crippen LogP) is 8.57. The fourth-order valence-corrected chi connectivity index (χ4v) is 9.67. The Morgan fingerprint density at radius 3 is 2.39 bits per heavy atom. The number of alkyl halides is 3. The van der Waals surface area contributed by atoms with Crippen molar-refractivity contribution < 1.29 is 13.2 Å². The summed E-state index contributed by atoms with van der Waals surface area (Å²) in [6.45, 7) is 10.0. The Hall–Kier alpha value is -1.06. The third kappa shape index (κ3) is 3.96. The molecule has 4 fully saturated rings. The summed E-state index contributed by atoms with van der Waals surface area (Å²) in [5, 5.41) is 0. The first-order chi connectivity index (χ1) is 15.5. The molecule has 0 bridgehead atoms. The third-order valence-corrected chi connectivity index (χ3v) is 11.4. The van der Waals surface area contributed by atoms with Gasteiger partial charge in [0.2, 0.25) is 0 Å². The van der Waals surface area contributed by atoms with Crippen molar-refractivity contribution >= 4 is 0 Å². The molecule has 1 heterocycles. The lowest BCUT2D eigenvalue weighted by atomic mass is 9.44. The monoisotopic (exact) mass is 461 g/mol. The van der Waals surface area contributed by atoms with Crippen molar-refractivity contribution in [2.75, 3.05) is 0 Å². The number of halogens is 3. The summed E-state index contributed by atoms with van der Waals surface area (Å²) in [7, 11) is 0. The Labute approximate surface area is 198 Å². The van der Waals surface area contributed by atoms with Crippen LogP contribution >= 0.6 is 0 Å². The average molecular weight is 462 g/mol. The molecule has 4 aliphatic rings. The molecule has 5 rings (SSSR count). The van der Waals surface area contributed by atoms with Gasteiger partial charge in [0.05, 0.1) is 0 Å². The van der Waals surface area contributed by atoms with Crippen LogP contribution in [0.5, 0.6) is 0 Å². The van der Waals surface area contributed by atoms with Gasteiger partial charge in [0.25, 0.3) is 0 Å². The van der Waals surface area contributed by atoms with Crippen molar-refractivity contribution in [1.29, 1.82) is 0 Å². The highest BCUT2D eigenvalue weighted by Gasteiger charge is 2.60. The molecule has 0 spiro atoms. The van der Waals surface area contributed by atoms with E-state index in [1.165, 1.54) is 64.0 Å². The normalized spacial score (nSPS) is 44.0. The van der Waals surface area contributed by atoms with E-state index in [0.29, 0.717) is 22.7 Å². The molecular formula is C29H42F3N. The molecule has 1 aromatic heterocycles. The molecule has 184 valence electrons. The number of rotatable bonds is 3. The minimum Gasteiger partial charge on any atom is -0.252 e. The van der Waals surface area contributed by atoms with Crippen LogP contribution in [0.4, 0.5) is 13.2 Å². The highest BCUT2D eigenvalue weighted by molar-refractivity contribution is 5.17. The maximum atomic E-state index is 12.9. The van der Waals surface area contributed by atoms with Gasteiger partial charge in [-0.3, -0.25) is 4.98 Å². The van der Waals surface area contributed by atoms with Crippen LogP contribution in [0.2, 0.25) is 0 Å². The second-order valence-corrected chi connectivity index (χ2v) is 13.0.